The number of nitrogens with one attached hydrogen (secondary N) is 3. The van der Waals surface area contributed by atoms with E-state index >= 15 is 0 Å². The van der Waals surface area contributed by atoms with Gasteiger partial charge in [0.25, 0.3) is 5.91 Å². The molecule has 0 atom stereocenters. The average molecular weight is 349 g/mol. The molecule has 0 saturated carbocycles. The molecule has 2 rings (SSSR count). The maximum atomic E-state index is 11.7. The Kier molecular flexibility index (Phi) is 7.19. The minimum atomic E-state index is -0.0862. The van der Waals surface area contributed by atoms with Crippen LogP contribution in [0.4, 0.5) is 0 Å². The number of aliphatic imine (C=N–C) groups is 1. The van der Waals surface area contributed by atoms with Crippen molar-refractivity contribution in [2.75, 3.05) is 20.6 Å². The van der Waals surface area contributed by atoms with Crippen molar-refractivity contribution in [2.24, 2.45) is 4.99 Å². The Morgan fingerprint density at radius 1 is 1.12 bits per heavy atom. The first-order chi connectivity index (χ1) is 12.7. The van der Waals surface area contributed by atoms with E-state index in [1.807, 2.05) is 36.4 Å². The van der Waals surface area contributed by atoms with E-state index in [-0.39, 0.29) is 5.91 Å². The lowest BCUT2D eigenvalue weighted by Gasteiger charge is -2.12. The summed E-state index contributed by atoms with van der Waals surface area (Å²) in [7, 11) is 3.34. The minimum Gasteiger partial charge on any atom is -0.356 e. The summed E-state index contributed by atoms with van der Waals surface area (Å²) in [5, 5.41) is 18.1. The van der Waals surface area contributed by atoms with Crippen molar-refractivity contribution in [2.45, 2.75) is 13.0 Å². The number of nitriles is 1. The van der Waals surface area contributed by atoms with Gasteiger partial charge in [-0.05, 0) is 41.8 Å². The molecule has 1 amide bonds. The summed E-state index contributed by atoms with van der Waals surface area (Å²) in [6.45, 7) is 1.27. The first-order valence-corrected chi connectivity index (χ1v) is 8.41. The number of nitrogens with zero attached hydrogens (tertiary/aromatic N) is 2. The zero-order valence-electron chi connectivity index (χ0n) is 15.0. The highest BCUT2D eigenvalue weighted by atomic mass is 16.1. The molecule has 0 aliphatic carbocycles. The molecule has 0 spiro atoms. The summed E-state index contributed by atoms with van der Waals surface area (Å²) < 4.78 is 0. The lowest BCUT2D eigenvalue weighted by molar-refractivity contribution is 0.0963. The maximum absolute atomic E-state index is 11.7. The van der Waals surface area contributed by atoms with E-state index in [9.17, 15) is 4.79 Å². The standard InChI is InChI=1S/C20H23N5O/c1-22-19(26)18-8-4-5-15(12-18)9-10-24-20(23-2)25-14-17-7-3-6-16(11-17)13-21/h3-8,11-12H,9-10,14H2,1-2H3,(H,22,26)(H2,23,24,25). The third kappa shape index (κ3) is 5.64. The summed E-state index contributed by atoms with van der Waals surface area (Å²) in [6, 6.07) is 17.2. The molecular formula is C20H23N5O. The lowest BCUT2D eigenvalue weighted by atomic mass is 10.1. The maximum Gasteiger partial charge on any atom is 0.251 e. The quantitative estimate of drug-likeness (QED) is 0.548. The lowest BCUT2D eigenvalue weighted by Crippen LogP contribution is -2.37. The number of benzene rings is 2. The van der Waals surface area contributed by atoms with E-state index in [2.05, 4.69) is 27.0 Å². The van der Waals surface area contributed by atoms with Crippen molar-refractivity contribution in [3.63, 3.8) is 0 Å². The van der Waals surface area contributed by atoms with Gasteiger partial charge in [0.05, 0.1) is 11.6 Å². The fourth-order valence-electron chi connectivity index (χ4n) is 2.49. The van der Waals surface area contributed by atoms with Gasteiger partial charge >= 0.3 is 0 Å². The first-order valence-electron chi connectivity index (χ1n) is 8.41. The van der Waals surface area contributed by atoms with Gasteiger partial charge in [-0.3, -0.25) is 9.79 Å². The van der Waals surface area contributed by atoms with Crippen LogP contribution >= 0.6 is 0 Å². The van der Waals surface area contributed by atoms with Crippen molar-refractivity contribution in [3.05, 3.63) is 70.8 Å². The number of hydrogen-bond donors (Lipinski definition) is 3. The molecular weight excluding hydrogens is 326 g/mol. The van der Waals surface area contributed by atoms with Crippen LogP contribution in [0.15, 0.2) is 53.5 Å². The summed E-state index contributed by atoms with van der Waals surface area (Å²) in [6.07, 6.45) is 0.773. The molecule has 0 aromatic heterocycles. The van der Waals surface area contributed by atoms with Gasteiger partial charge in [0.15, 0.2) is 5.96 Å². The highest BCUT2D eigenvalue weighted by Crippen LogP contribution is 2.06. The van der Waals surface area contributed by atoms with E-state index in [4.69, 9.17) is 5.26 Å². The Balaban J connectivity index is 1.84. The molecule has 0 radical (unpaired) electrons. The largest absolute Gasteiger partial charge is 0.356 e. The number of carbonyl (C=O) groups is 1. The second-order valence-corrected chi connectivity index (χ2v) is 5.69. The van der Waals surface area contributed by atoms with Crippen LogP contribution < -0.4 is 16.0 Å². The van der Waals surface area contributed by atoms with Crippen molar-refractivity contribution < 1.29 is 4.79 Å². The van der Waals surface area contributed by atoms with Gasteiger partial charge in [0, 0.05) is 32.7 Å². The molecule has 2 aromatic rings. The summed E-state index contributed by atoms with van der Waals surface area (Å²) in [5.74, 6) is 0.603. The normalized spacial score (nSPS) is 10.7. The fourth-order valence-corrected chi connectivity index (χ4v) is 2.49. The van der Waals surface area contributed by atoms with Crippen LogP contribution in [0.2, 0.25) is 0 Å². The SMILES string of the molecule is CN=C(NCCc1cccc(C(=O)NC)c1)NCc1cccc(C#N)c1. The summed E-state index contributed by atoms with van der Waals surface area (Å²) >= 11 is 0. The molecule has 0 saturated heterocycles. The van der Waals surface area contributed by atoms with Crippen molar-refractivity contribution in [1.82, 2.24) is 16.0 Å². The highest BCUT2D eigenvalue weighted by molar-refractivity contribution is 5.94. The number of carbonyl (C=O) groups excluding carboxylic acids is 1. The zero-order valence-corrected chi connectivity index (χ0v) is 15.0. The van der Waals surface area contributed by atoms with Crippen LogP contribution in [-0.4, -0.2) is 32.5 Å². The van der Waals surface area contributed by atoms with Gasteiger partial charge in [0.2, 0.25) is 0 Å². The van der Waals surface area contributed by atoms with E-state index in [0.717, 1.165) is 17.5 Å². The van der Waals surface area contributed by atoms with Gasteiger partial charge in [-0.1, -0.05) is 24.3 Å². The molecule has 0 aliphatic rings. The Morgan fingerprint density at radius 2 is 1.88 bits per heavy atom. The van der Waals surface area contributed by atoms with Crippen molar-refractivity contribution in [1.29, 1.82) is 5.26 Å². The summed E-state index contributed by atoms with van der Waals surface area (Å²) in [5.41, 5.74) is 3.40. The topological polar surface area (TPSA) is 89.3 Å². The van der Waals surface area contributed by atoms with E-state index in [0.29, 0.717) is 30.2 Å². The molecule has 0 heterocycles. The van der Waals surface area contributed by atoms with Gasteiger partial charge < -0.3 is 16.0 Å². The monoisotopic (exact) mass is 349 g/mol. The third-order valence-corrected chi connectivity index (χ3v) is 3.86. The number of amides is 1. The Morgan fingerprint density at radius 3 is 2.62 bits per heavy atom. The first kappa shape index (κ1) is 19.0. The van der Waals surface area contributed by atoms with Gasteiger partial charge in [0.1, 0.15) is 0 Å². The molecule has 0 fully saturated rings. The predicted octanol–water partition coefficient (Wildman–Crippen LogP) is 1.83. The van der Waals surface area contributed by atoms with E-state index in [1.54, 1.807) is 26.2 Å². The predicted molar refractivity (Wildman–Crippen MR) is 103 cm³/mol. The zero-order chi connectivity index (χ0) is 18.8. The average Bonchev–Trinajstić information content (AvgIpc) is 2.70. The molecule has 0 unspecified atom stereocenters. The molecule has 2 aromatic carbocycles. The molecule has 134 valence electrons. The van der Waals surface area contributed by atoms with E-state index < -0.39 is 0 Å². The highest BCUT2D eigenvalue weighted by Gasteiger charge is 2.04. The van der Waals surface area contributed by atoms with Crippen LogP contribution in [0.5, 0.6) is 0 Å². The molecule has 0 aliphatic heterocycles. The second kappa shape index (κ2) is 9.84. The molecule has 6 heteroatoms. The van der Waals surface area contributed by atoms with Gasteiger partial charge in [-0.2, -0.15) is 5.26 Å². The Hall–Kier alpha value is -3.33. The number of guanidine groups is 1. The second-order valence-electron chi connectivity index (χ2n) is 5.69. The van der Waals surface area contributed by atoms with Crippen LogP contribution in [-0.2, 0) is 13.0 Å². The molecule has 26 heavy (non-hydrogen) atoms. The smallest absolute Gasteiger partial charge is 0.251 e. The van der Waals surface area contributed by atoms with Crippen LogP contribution in [0, 0.1) is 11.3 Å². The van der Waals surface area contributed by atoms with Crippen molar-refractivity contribution >= 4 is 11.9 Å². The van der Waals surface area contributed by atoms with Gasteiger partial charge in [-0.15, -0.1) is 0 Å². The molecule has 6 nitrogen and oxygen atoms in total. The number of rotatable bonds is 6. The van der Waals surface area contributed by atoms with Gasteiger partial charge in [-0.25, -0.2) is 0 Å². The molecule has 0 bridgehead atoms. The van der Waals surface area contributed by atoms with Crippen LogP contribution in [0.25, 0.3) is 0 Å². The number of hydrogen-bond acceptors (Lipinski definition) is 3. The molecule has 3 N–H and O–H groups in total. The Bertz CT molecular complexity index is 823. The van der Waals surface area contributed by atoms with Crippen molar-refractivity contribution in [3.8, 4) is 6.07 Å². The minimum absolute atomic E-state index is 0.0862. The van der Waals surface area contributed by atoms with Crippen LogP contribution in [0.1, 0.15) is 27.0 Å². The summed E-state index contributed by atoms with van der Waals surface area (Å²) in [4.78, 5) is 15.9. The van der Waals surface area contributed by atoms with E-state index in [1.165, 1.54) is 0 Å². The van der Waals surface area contributed by atoms with Crippen LogP contribution in [0.3, 0.4) is 0 Å². The Labute approximate surface area is 154 Å². The third-order valence-electron chi connectivity index (χ3n) is 3.86. The fraction of sp³-hybridized carbons (Fsp3) is 0.250.